The zero-order valence-electron chi connectivity index (χ0n) is 22.2. The summed E-state index contributed by atoms with van der Waals surface area (Å²) in [6, 6.07) is 10.3. The third-order valence-electron chi connectivity index (χ3n) is 5.38. The standard InChI is InChI=1S/C27H22Cl4N6O5/c1-13(38)24(36-34-20-7-4-15(28)10-18(20)30)26(40)32-17-6-9-22(23(12-17)42-3)33-27(41)25(14(2)39)37-35-21-8-5-16(29)11-19(21)31/h4-12,24-25H,1-3H3,(H,32,40)(H,33,41). The van der Waals surface area contributed by atoms with Crippen LogP contribution in [0.4, 0.5) is 22.7 Å². The van der Waals surface area contributed by atoms with Gasteiger partial charge in [-0.1, -0.05) is 46.4 Å². The Labute approximate surface area is 260 Å². The van der Waals surface area contributed by atoms with Gasteiger partial charge >= 0.3 is 0 Å². The summed E-state index contributed by atoms with van der Waals surface area (Å²) in [5.41, 5.74) is 0.840. The molecule has 11 nitrogen and oxygen atoms in total. The number of hydrogen-bond donors (Lipinski definition) is 2. The van der Waals surface area contributed by atoms with Crippen LogP contribution in [0.25, 0.3) is 0 Å². The van der Waals surface area contributed by atoms with Gasteiger partial charge in [0.25, 0.3) is 11.8 Å². The Morgan fingerprint density at radius 3 is 1.60 bits per heavy atom. The molecule has 0 aromatic heterocycles. The van der Waals surface area contributed by atoms with Crippen LogP contribution in [-0.2, 0) is 19.2 Å². The highest BCUT2D eigenvalue weighted by Crippen LogP contribution is 2.31. The molecule has 0 aliphatic carbocycles. The van der Waals surface area contributed by atoms with Gasteiger partial charge in [-0.3, -0.25) is 19.2 Å². The zero-order chi connectivity index (χ0) is 31.0. The lowest BCUT2D eigenvalue weighted by Crippen LogP contribution is -2.32. The molecule has 2 atom stereocenters. The summed E-state index contributed by atoms with van der Waals surface area (Å²) < 4.78 is 5.33. The smallest absolute Gasteiger partial charge is 0.258 e. The molecule has 0 radical (unpaired) electrons. The fourth-order valence-electron chi connectivity index (χ4n) is 3.29. The highest BCUT2D eigenvalue weighted by atomic mass is 35.5. The number of anilines is 2. The Morgan fingerprint density at radius 2 is 1.17 bits per heavy atom. The second-order valence-corrected chi connectivity index (χ2v) is 10.2. The molecule has 2 N–H and O–H groups in total. The van der Waals surface area contributed by atoms with Crippen LogP contribution in [0.1, 0.15) is 13.8 Å². The number of amides is 2. The van der Waals surface area contributed by atoms with Crippen LogP contribution in [-0.4, -0.2) is 42.6 Å². The number of carbonyl (C=O) groups is 4. The minimum atomic E-state index is -1.49. The number of ketones is 2. The molecule has 42 heavy (non-hydrogen) atoms. The van der Waals surface area contributed by atoms with E-state index < -0.39 is 35.5 Å². The monoisotopic (exact) mass is 650 g/mol. The zero-order valence-corrected chi connectivity index (χ0v) is 25.2. The van der Waals surface area contributed by atoms with E-state index in [2.05, 4.69) is 31.1 Å². The molecule has 0 fully saturated rings. The second-order valence-electron chi connectivity index (χ2n) is 8.54. The van der Waals surface area contributed by atoms with Crippen molar-refractivity contribution in [2.75, 3.05) is 17.7 Å². The number of azo groups is 2. The van der Waals surface area contributed by atoms with Crippen LogP contribution in [0.15, 0.2) is 75.1 Å². The van der Waals surface area contributed by atoms with E-state index in [4.69, 9.17) is 51.1 Å². The van der Waals surface area contributed by atoms with E-state index in [0.717, 1.165) is 0 Å². The van der Waals surface area contributed by atoms with Crippen molar-refractivity contribution < 1.29 is 23.9 Å². The quantitative estimate of drug-likeness (QED) is 0.161. The summed E-state index contributed by atoms with van der Waals surface area (Å²) in [7, 11) is 1.34. The van der Waals surface area contributed by atoms with Gasteiger partial charge in [0.2, 0.25) is 12.1 Å². The number of carbonyl (C=O) groups excluding carboxylic acids is 4. The summed E-state index contributed by atoms with van der Waals surface area (Å²) in [5.74, 6) is -2.57. The highest BCUT2D eigenvalue weighted by molar-refractivity contribution is 6.36. The van der Waals surface area contributed by atoms with E-state index in [-0.39, 0.29) is 38.5 Å². The molecule has 0 saturated heterocycles. The largest absolute Gasteiger partial charge is 0.494 e. The first kappa shape index (κ1) is 32.6. The molecule has 0 aliphatic heterocycles. The van der Waals surface area contributed by atoms with Gasteiger partial charge in [0.05, 0.1) is 22.8 Å². The van der Waals surface area contributed by atoms with Crippen molar-refractivity contribution in [1.29, 1.82) is 0 Å². The third-order valence-corrected chi connectivity index (χ3v) is 6.45. The first-order valence-corrected chi connectivity index (χ1v) is 13.4. The topological polar surface area (TPSA) is 151 Å². The summed E-state index contributed by atoms with van der Waals surface area (Å²) >= 11 is 23.9. The lowest BCUT2D eigenvalue weighted by molar-refractivity contribution is -0.127. The molecule has 15 heteroatoms. The fourth-order valence-corrected chi connectivity index (χ4v) is 4.18. The molecule has 3 aromatic rings. The Balaban J connectivity index is 1.75. The van der Waals surface area contributed by atoms with Crippen molar-refractivity contribution in [3.05, 3.63) is 74.7 Å². The number of Topliss-reactive ketones (excluding diaryl/α,β-unsaturated/α-hetero) is 2. The van der Waals surface area contributed by atoms with Gasteiger partial charge in [0.1, 0.15) is 17.1 Å². The lowest BCUT2D eigenvalue weighted by atomic mass is 10.1. The number of nitrogens with zero attached hydrogens (tertiary/aromatic N) is 4. The molecule has 2 amide bonds. The molecule has 3 rings (SSSR count). The third kappa shape index (κ3) is 8.80. The first-order valence-electron chi connectivity index (χ1n) is 11.9. The number of benzene rings is 3. The van der Waals surface area contributed by atoms with E-state index >= 15 is 0 Å². The van der Waals surface area contributed by atoms with Crippen molar-refractivity contribution in [3.8, 4) is 5.75 Å². The number of halogens is 4. The van der Waals surface area contributed by atoms with Gasteiger partial charge in [-0.15, -0.1) is 0 Å². The van der Waals surface area contributed by atoms with Crippen LogP contribution in [0.3, 0.4) is 0 Å². The minimum absolute atomic E-state index is 0.134. The van der Waals surface area contributed by atoms with Gasteiger partial charge in [-0.05, 0) is 62.4 Å². The Bertz CT molecular complexity index is 1600. The van der Waals surface area contributed by atoms with E-state index in [1.807, 2.05) is 0 Å². The minimum Gasteiger partial charge on any atom is -0.494 e. The maximum atomic E-state index is 12.9. The number of methoxy groups -OCH3 is 1. The maximum Gasteiger partial charge on any atom is 0.258 e. The maximum absolute atomic E-state index is 12.9. The van der Waals surface area contributed by atoms with Gasteiger partial charge in [-0.2, -0.15) is 20.5 Å². The molecule has 0 heterocycles. The molecular weight excluding hydrogens is 630 g/mol. The van der Waals surface area contributed by atoms with Crippen LogP contribution >= 0.6 is 46.4 Å². The predicted octanol–water partition coefficient (Wildman–Crippen LogP) is 7.67. The van der Waals surface area contributed by atoms with E-state index in [0.29, 0.717) is 10.0 Å². The van der Waals surface area contributed by atoms with Gasteiger partial charge in [0, 0.05) is 21.8 Å². The summed E-state index contributed by atoms with van der Waals surface area (Å²) in [5, 5.41) is 21.8. The summed E-state index contributed by atoms with van der Waals surface area (Å²) in [6.45, 7) is 2.38. The summed E-state index contributed by atoms with van der Waals surface area (Å²) in [6.07, 6.45) is 0. The Kier molecular flexibility index (Phi) is 11.5. The lowest BCUT2D eigenvalue weighted by Gasteiger charge is -2.15. The molecule has 0 bridgehead atoms. The van der Waals surface area contributed by atoms with Gasteiger partial charge < -0.3 is 15.4 Å². The number of hydrogen-bond acceptors (Lipinski definition) is 9. The molecule has 3 aromatic carbocycles. The van der Waals surface area contributed by atoms with E-state index in [1.165, 1.54) is 75.6 Å². The highest BCUT2D eigenvalue weighted by Gasteiger charge is 2.26. The number of rotatable bonds is 11. The van der Waals surface area contributed by atoms with Crippen molar-refractivity contribution in [2.45, 2.75) is 25.9 Å². The van der Waals surface area contributed by atoms with Crippen molar-refractivity contribution >= 4 is 92.5 Å². The van der Waals surface area contributed by atoms with Gasteiger partial charge in [0.15, 0.2) is 11.6 Å². The van der Waals surface area contributed by atoms with E-state index in [9.17, 15) is 19.2 Å². The normalized spacial score (nSPS) is 12.6. The molecular formula is C27H22Cl4N6O5. The summed E-state index contributed by atoms with van der Waals surface area (Å²) in [4.78, 5) is 50.0. The first-order chi connectivity index (χ1) is 19.9. The van der Waals surface area contributed by atoms with Crippen LogP contribution in [0.5, 0.6) is 5.75 Å². The Hall–Kier alpha value is -3.90. The average Bonchev–Trinajstić information content (AvgIpc) is 2.91. The van der Waals surface area contributed by atoms with Crippen LogP contribution in [0, 0.1) is 0 Å². The molecule has 0 spiro atoms. The van der Waals surface area contributed by atoms with Crippen LogP contribution in [0.2, 0.25) is 20.1 Å². The molecule has 218 valence electrons. The van der Waals surface area contributed by atoms with Crippen molar-refractivity contribution in [1.82, 2.24) is 0 Å². The predicted molar refractivity (Wildman–Crippen MR) is 161 cm³/mol. The van der Waals surface area contributed by atoms with Gasteiger partial charge in [-0.25, -0.2) is 0 Å². The fraction of sp³-hybridized carbons (Fsp3) is 0.185. The second kappa shape index (κ2) is 14.8. The van der Waals surface area contributed by atoms with E-state index in [1.54, 1.807) is 0 Å². The number of ether oxygens (including phenoxy) is 1. The molecule has 0 aliphatic rings. The van der Waals surface area contributed by atoms with Crippen LogP contribution < -0.4 is 15.4 Å². The average molecular weight is 652 g/mol. The Morgan fingerprint density at radius 1 is 0.690 bits per heavy atom. The molecule has 2 unspecified atom stereocenters. The number of nitrogens with one attached hydrogen (secondary N) is 2. The van der Waals surface area contributed by atoms with Crippen molar-refractivity contribution in [3.63, 3.8) is 0 Å². The molecule has 0 saturated carbocycles. The SMILES string of the molecule is COc1cc(NC(=O)C(N=Nc2ccc(Cl)cc2Cl)C(C)=O)ccc1NC(=O)C(N=Nc1ccc(Cl)cc1Cl)C(C)=O. The van der Waals surface area contributed by atoms with Crippen molar-refractivity contribution in [2.24, 2.45) is 20.5 Å².